The third-order valence-corrected chi connectivity index (χ3v) is 5.52. The number of aromatic nitrogens is 1. The van der Waals surface area contributed by atoms with Crippen LogP contribution in [0.4, 0.5) is 5.82 Å². The molecule has 2 aromatic rings. The fraction of sp³-hybridized carbons (Fsp3) is 0.520. The number of unbranched alkanes of at least 4 members (excludes halogenated alkanes) is 2. The summed E-state index contributed by atoms with van der Waals surface area (Å²) in [5.41, 5.74) is 3.48. The van der Waals surface area contributed by atoms with E-state index in [1.807, 2.05) is 12.3 Å². The second-order valence-electron chi connectivity index (χ2n) is 8.03. The van der Waals surface area contributed by atoms with Crippen LogP contribution in [0.1, 0.15) is 42.9 Å². The Labute approximate surface area is 215 Å². The van der Waals surface area contributed by atoms with Crippen LogP contribution in [-0.2, 0) is 17.8 Å². The van der Waals surface area contributed by atoms with Crippen molar-refractivity contribution >= 4 is 35.8 Å². The molecule has 2 N–H and O–H groups in total. The lowest BCUT2D eigenvalue weighted by Gasteiger charge is -2.29. The molecule has 7 nitrogen and oxygen atoms in total. The fourth-order valence-electron chi connectivity index (χ4n) is 3.68. The summed E-state index contributed by atoms with van der Waals surface area (Å²) in [4.78, 5) is 11.3. The zero-order valence-corrected chi connectivity index (χ0v) is 22.4. The second kappa shape index (κ2) is 15.0. The van der Waals surface area contributed by atoms with Crippen molar-refractivity contribution < 1.29 is 9.47 Å². The SMILES string of the molecule is CCCCCOc1cc(C)ccc1CNC(=NC)NCc1cccnc1N1CCOCC1.I. The van der Waals surface area contributed by atoms with Gasteiger partial charge in [-0.15, -0.1) is 24.0 Å². The van der Waals surface area contributed by atoms with Gasteiger partial charge in [-0.25, -0.2) is 4.98 Å². The number of halogens is 1. The number of nitrogens with one attached hydrogen (secondary N) is 2. The van der Waals surface area contributed by atoms with Gasteiger partial charge >= 0.3 is 0 Å². The highest BCUT2D eigenvalue weighted by atomic mass is 127. The number of aryl methyl sites for hydroxylation is 1. The maximum Gasteiger partial charge on any atom is 0.191 e. The third kappa shape index (κ3) is 8.66. The zero-order valence-electron chi connectivity index (χ0n) is 20.1. The normalized spacial score (nSPS) is 13.9. The van der Waals surface area contributed by atoms with Crippen molar-refractivity contribution in [3.63, 3.8) is 0 Å². The summed E-state index contributed by atoms with van der Waals surface area (Å²) in [5, 5.41) is 6.85. The maximum absolute atomic E-state index is 6.07. The smallest absolute Gasteiger partial charge is 0.191 e. The van der Waals surface area contributed by atoms with Gasteiger partial charge in [0, 0.05) is 50.6 Å². The van der Waals surface area contributed by atoms with Crippen molar-refractivity contribution in [1.29, 1.82) is 0 Å². The number of hydrogen-bond donors (Lipinski definition) is 2. The Morgan fingerprint density at radius 2 is 1.88 bits per heavy atom. The Bertz CT molecular complexity index is 872. The van der Waals surface area contributed by atoms with Gasteiger partial charge < -0.3 is 25.0 Å². The van der Waals surface area contributed by atoms with Crippen LogP contribution in [0.2, 0.25) is 0 Å². The number of nitrogens with zero attached hydrogens (tertiary/aromatic N) is 3. The van der Waals surface area contributed by atoms with Crippen molar-refractivity contribution in [2.24, 2.45) is 4.99 Å². The van der Waals surface area contributed by atoms with E-state index >= 15 is 0 Å². The molecule has 2 heterocycles. The molecule has 0 aliphatic carbocycles. The van der Waals surface area contributed by atoms with Gasteiger partial charge in [0.25, 0.3) is 0 Å². The van der Waals surface area contributed by atoms with Crippen molar-refractivity contribution in [3.05, 3.63) is 53.2 Å². The van der Waals surface area contributed by atoms with Gasteiger partial charge in [-0.3, -0.25) is 4.99 Å². The van der Waals surface area contributed by atoms with Crippen LogP contribution in [0.25, 0.3) is 0 Å². The number of ether oxygens (including phenoxy) is 2. The highest BCUT2D eigenvalue weighted by Crippen LogP contribution is 2.21. The first-order valence-corrected chi connectivity index (χ1v) is 11.6. The Hall–Kier alpha value is -2.07. The van der Waals surface area contributed by atoms with Gasteiger partial charge in [-0.2, -0.15) is 0 Å². The van der Waals surface area contributed by atoms with E-state index in [1.165, 1.54) is 18.4 Å². The zero-order chi connectivity index (χ0) is 22.6. The van der Waals surface area contributed by atoms with Gasteiger partial charge in [0.05, 0.1) is 19.8 Å². The van der Waals surface area contributed by atoms with E-state index in [0.29, 0.717) is 13.1 Å². The number of anilines is 1. The summed E-state index contributed by atoms with van der Waals surface area (Å²) in [5.74, 6) is 2.71. The fourth-order valence-corrected chi connectivity index (χ4v) is 3.68. The van der Waals surface area contributed by atoms with Gasteiger partial charge in [-0.05, 0) is 31.0 Å². The average Bonchev–Trinajstić information content (AvgIpc) is 2.83. The quantitative estimate of drug-likeness (QED) is 0.193. The molecular formula is C25H38IN5O2. The molecule has 0 amide bonds. The Morgan fingerprint density at radius 3 is 2.61 bits per heavy atom. The average molecular weight is 568 g/mol. The topological polar surface area (TPSA) is 71.0 Å². The maximum atomic E-state index is 6.07. The lowest BCUT2D eigenvalue weighted by Crippen LogP contribution is -2.39. The van der Waals surface area contributed by atoms with Gasteiger partial charge in [0.1, 0.15) is 11.6 Å². The number of pyridine rings is 1. The summed E-state index contributed by atoms with van der Waals surface area (Å²) < 4.78 is 11.6. The molecule has 1 aromatic heterocycles. The van der Waals surface area contributed by atoms with E-state index in [0.717, 1.165) is 68.0 Å². The second-order valence-corrected chi connectivity index (χ2v) is 8.03. The number of aliphatic imine (C=N–C) groups is 1. The Balaban J connectivity index is 0.00000385. The summed E-state index contributed by atoms with van der Waals surface area (Å²) in [6.45, 7) is 9.56. The molecular weight excluding hydrogens is 529 g/mol. The highest BCUT2D eigenvalue weighted by molar-refractivity contribution is 14.0. The van der Waals surface area contributed by atoms with E-state index in [-0.39, 0.29) is 24.0 Å². The molecule has 8 heteroatoms. The van der Waals surface area contributed by atoms with E-state index in [4.69, 9.17) is 9.47 Å². The van der Waals surface area contributed by atoms with Crippen molar-refractivity contribution in [3.8, 4) is 5.75 Å². The van der Waals surface area contributed by atoms with Gasteiger partial charge in [0.2, 0.25) is 0 Å². The van der Waals surface area contributed by atoms with Gasteiger partial charge in [-0.1, -0.05) is 38.0 Å². The number of benzene rings is 1. The molecule has 0 saturated carbocycles. The lowest BCUT2D eigenvalue weighted by molar-refractivity contribution is 0.122. The lowest BCUT2D eigenvalue weighted by atomic mass is 10.1. The van der Waals surface area contributed by atoms with Crippen molar-refractivity contribution in [1.82, 2.24) is 15.6 Å². The summed E-state index contributed by atoms with van der Waals surface area (Å²) in [6, 6.07) is 10.5. The van der Waals surface area contributed by atoms with Crippen LogP contribution in [0.5, 0.6) is 5.75 Å². The minimum atomic E-state index is 0. The van der Waals surface area contributed by atoms with Gasteiger partial charge in [0.15, 0.2) is 5.96 Å². The van der Waals surface area contributed by atoms with Crippen LogP contribution in [0, 0.1) is 6.92 Å². The predicted molar refractivity (Wildman–Crippen MR) is 146 cm³/mol. The molecule has 1 aromatic carbocycles. The molecule has 1 aliphatic rings. The number of rotatable bonds is 10. The standard InChI is InChI=1S/C25H37N5O2.HI/c1-4-5-6-14-32-23-17-20(2)9-10-21(23)18-28-25(26-3)29-19-22-8-7-11-27-24(22)30-12-15-31-16-13-30;/h7-11,17H,4-6,12-16,18-19H2,1-3H3,(H2,26,28,29);1H. The van der Waals surface area contributed by atoms with E-state index in [1.54, 1.807) is 7.05 Å². The molecule has 1 saturated heterocycles. The van der Waals surface area contributed by atoms with E-state index in [9.17, 15) is 0 Å². The van der Waals surface area contributed by atoms with E-state index in [2.05, 4.69) is 63.6 Å². The molecule has 1 aliphatic heterocycles. The molecule has 33 heavy (non-hydrogen) atoms. The number of morpholine rings is 1. The minimum absolute atomic E-state index is 0. The molecule has 0 atom stereocenters. The molecule has 0 unspecified atom stereocenters. The Kier molecular flexibility index (Phi) is 12.3. The van der Waals surface area contributed by atoms with Crippen LogP contribution in [-0.4, -0.2) is 50.9 Å². The van der Waals surface area contributed by atoms with Crippen LogP contribution < -0.4 is 20.3 Å². The molecule has 0 spiro atoms. The van der Waals surface area contributed by atoms with Crippen molar-refractivity contribution in [2.75, 3.05) is 44.9 Å². The minimum Gasteiger partial charge on any atom is -0.493 e. The van der Waals surface area contributed by atoms with E-state index < -0.39 is 0 Å². The molecule has 0 bridgehead atoms. The first-order valence-electron chi connectivity index (χ1n) is 11.6. The monoisotopic (exact) mass is 567 g/mol. The molecule has 1 fully saturated rings. The van der Waals surface area contributed by atoms with Crippen LogP contribution in [0.15, 0.2) is 41.5 Å². The molecule has 0 radical (unpaired) electrons. The highest BCUT2D eigenvalue weighted by Gasteiger charge is 2.16. The number of hydrogen-bond acceptors (Lipinski definition) is 5. The molecule has 3 rings (SSSR count). The summed E-state index contributed by atoms with van der Waals surface area (Å²) in [6.07, 6.45) is 5.31. The summed E-state index contributed by atoms with van der Waals surface area (Å²) in [7, 11) is 1.79. The molecule has 182 valence electrons. The van der Waals surface area contributed by atoms with Crippen LogP contribution in [0.3, 0.4) is 0 Å². The predicted octanol–water partition coefficient (Wildman–Crippen LogP) is 4.28. The third-order valence-electron chi connectivity index (χ3n) is 5.52. The Morgan fingerprint density at radius 1 is 1.12 bits per heavy atom. The van der Waals surface area contributed by atoms with Crippen LogP contribution >= 0.6 is 24.0 Å². The van der Waals surface area contributed by atoms with Crippen molar-refractivity contribution in [2.45, 2.75) is 46.2 Å². The first kappa shape index (κ1) is 27.2. The number of guanidine groups is 1. The first-order chi connectivity index (χ1) is 15.7. The summed E-state index contributed by atoms with van der Waals surface area (Å²) >= 11 is 0. The largest absolute Gasteiger partial charge is 0.493 e.